The molecule has 2 aromatic heterocycles. The Bertz CT molecular complexity index is 1880. The molecule has 1 saturated carbocycles. The first-order chi connectivity index (χ1) is 25.4. The van der Waals surface area contributed by atoms with E-state index < -0.39 is 0 Å². The van der Waals surface area contributed by atoms with Crippen molar-refractivity contribution >= 4 is 41.5 Å². The number of aliphatic imine (C=N–C) groups is 1. The van der Waals surface area contributed by atoms with Crippen LogP contribution in [0, 0.1) is 0 Å². The van der Waals surface area contributed by atoms with Gasteiger partial charge in [0.2, 0.25) is 0 Å². The molecule has 0 saturated heterocycles. The van der Waals surface area contributed by atoms with E-state index in [0.29, 0.717) is 0 Å². The van der Waals surface area contributed by atoms with Crippen molar-refractivity contribution in [2.24, 2.45) is 10.7 Å². The lowest BCUT2D eigenvalue weighted by Gasteiger charge is -2.39. The van der Waals surface area contributed by atoms with Crippen molar-refractivity contribution in [3.63, 3.8) is 0 Å². The average molecular weight is 714 g/mol. The minimum absolute atomic E-state index is 0.0552. The van der Waals surface area contributed by atoms with Gasteiger partial charge < -0.3 is 15.2 Å². The SMILES string of the molecule is C=C/C=C\C(=C(C)C)N(C(/C=C\S)=C/N)c1ccc(C2(c3ccc(-n4c(/C=C\C=NC)cc5ccncc54)cc3)CCCCC2)cc1.CC.CCC. The summed E-state index contributed by atoms with van der Waals surface area (Å²) in [7, 11) is 1.78. The first-order valence-electron chi connectivity index (χ1n) is 18.6. The molecule has 1 fully saturated rings. The van der Waals surface area contributed by atoms with Crippen molar-refractivity contribution in [1.29, 1.82) is 0 Å². The van der Waals surface area contributed by atoms with Crippen molar-refractivity contribution in [1.82, 2.24) is 9.55 Å². The predicted octanol–water partition coefficient (Wildman–Crippen LogP) is 12.5. The second kappa shape index (κ2) is 21.5. The molecule has 0 spiro atoms. The van der Waals surface area contributed by atoms with Crippen molar-refractivity contribution in [2.45, 2.75) is 85.5 Å². The van der Waals surface area contributed by atoms with Crippen LogP contribution in [0.5, 0.6) is 0 Å². The minimum Gasteiger partial charge on any atom is -0.403 e. The molecule has 5 rings (SSSR count). The first-order valence-corrected chi connectivity index (χ1v) is 19.2. The number of aromatic nitrogens is 2. The van der Waals surface area contributed by atoms with Crippen molar-refractivity contribution < 1.29 is 0 Å². The molecule has 0 atom stereocenters. The van der Waals surface area contributed by atoms with Gasteiger partial charge in [0.05, 0.1) is 17.4 Å². The summed E-state index contributed by atoms with van der Waals surface area (Å²) in [6.45, 7) is 16.3. The fourth-order valence-corrected chi connectivity index (χ4v) is 6.95. The van der Waals surface area contributed by atoms with E-state index in [1.54, 1.807) is 24.7 Å². The van der Waals surface area contributed by atoms with E-state index in [4.69, 9.17) is 5.73 Å². The molecule has 4 aromatic rings. The third kappa shape index (κ3) is 9.95. The summed E-state index contributed by atoms with van der Waals surface area (Å²) in [5.74, 6) is 0. The number of benzene rings is 2. The number of fused-ring (bicyclic) bond motifs is 1. The molecule has 6 heteroatoms. The van der Waals surface area contributed by atoms with Crippen LogP contribution in [0.25, 0.3) is 22.7 Å². The summed E-state index contributed by atoms with van der Waals surface area (Å²) in [6.07, 6.45) is 26.2. The molecular formula is C46H59N5S. The zero-order valence-electron chi connectivity index (χ0n) is 32.4. The third-order valence-corrected chi connectivity index (χ3v) is 9.17. The molecular weight excluding hydrogens is 655 g/mol. The molecule has 1 aliphatic carbocycles. The van der Waals surface area contributed by atoms with Gasteiger partial charge in [0.1, 0.15) is 0 Å². The van der Waals surface area contributed by atoms with Crippen LogP contribution in [0.2, 0.25) is 0 Å². The monoisotopic (exact) mass is 713 g/mol. The Morgan fingerprint density at radius 1 is 0.962 bits per heavy atom. The van der Waals surface area contributed by atoms with E-state index in [1.165, 1.54) is 36.8 Å². The molecule has 1 aliphatic rings. The molecule has 0 aliphatic heterocycles. The highest BCUT2D eigenvalue weighted by atomic mass is 32.1. The lowest BCUT2D eigenvalue weighted by molar-refractivity contribution is 0.346. The maximum Gasteiger partial charge on any atom is 0.0718 e. The molecule has 2 heterocycles. The Labute approximate surface area is 319 Å². The molecule has 0 unspecified atom stereocenters. The van der Waals surface area contributed by atoms with E-state index in [2.05, 4.69) is 139 Å². The second-order valence-electron chi connectivity index (χ2n) is 12.8. The van der Waals surface area contributed by atoms with Gasteiger partial charge in [0.15, 0.2) is 0 Å². The summed E-state index contributed by atoms with van der Waals surface area (Å²) in [5.41, 5.74) is 16.1. The minimum atomic E-state index is -0.0552. The van der Waals surface area contributed by atoms with Crippen LogP contribution in [-0.4, -0.2) is 22.8 Å². The van der Waals surface area contributed by atoms with Crippen LogP contribution in [-0.2, 0) is 5.41 Å². The predicted molar refractivity (Wildman–Crippen MR) is 233 cm³/mol. The maximum absolute atomic E-state index is 6.15. The molecule has 0 bridgehead atoms. The van der Waals surface area contributed by atoms with Crippen LogP contribution >= 0.6 is 12.6 Å². The number of hydrogen-bond donors (Lipinski definition) is 2. The molecule has 52 heavy (non-hydrogen) atoms. The largest absolute Gasteiger partial charge is 0.403 e. The molecule has 274 valence electrons. The summed E-state index contributed by atoms with van der Waals surface area (Å²) in [5, 5.41) is 2.87. The number of anilines is 1. The van der Waals surface area contributed by atoms with Crippen molar-refractivity contribution in [3.05, 3.63) is 155 Å². The van der Waals surface area contributed by atoms with Crippen LogP contribution < -0.4 is 10.6 Å². The standard InChI is InChI=1S/C41H45N5S.C3H8.C2H6/c1-5-6-12-39(31(2)3)46(38(29-42)22-27-47)36-19-15-34(16-20-36)41(23-8-7-9-24-41)33-13-17-35(18-14-33)45-37(11-10-25-43-4)28-32-21-26-44-30-40(32)45;1-3-2;1-2/h5-6,10-22,25-30,47H,1,7-9,23-24,42H2,2-4H3;3H2,1-2H3;1-2H3/b11-10-,12-6-,27-22-,38-29+,43-25?;;. The lowest BCUT2D eigenvalue weighted by Crippen LogP contribution is -2.30. The van der Waals surface area contributed by atoms with E-state index >= 15 is 0 Å². The van der Waals surface area contributed by atoms with Crippen LogP contribution in [0.3, 0.4) is 0 Å². The lowest BCUT2D eigenvalue weighted by atomic mass is 9.65. The van der Waals surface area contributed by atoms with Crippen molar-refractivity contribution in [3.8, 4) is 5.69 Å². The van der Waals surface area contributed by atoms with Crippen LogP contribution in [0.1, 0.15) is 96.9 Å². The quantitative estimate of drug-likeness (QED) is 0.0924. The first kappa shape index (κ1) is 41.6. The van der Waals surface area contributed by atoms with Gasteiger partial charge in [0, 0.05) is 59.2 Å². The fraction of sp³-hybridized carbons (Fsp3) is 0.304. The molecule has 0 radical (unpaired) electrons. The van der Waals surface area contributed by atoms with E-state index in [-0.39, 0.29) is 5.41 Å². The number of nitrogens with two attached hydrogens (primary N) is 1. The Hall–Kier alpha value is -4.81. The number of pyridine rings is 1. The van der Waals surface area contributed by atoms with Crippen LogP contribution in [0.4, 0.5) is 5.69 Å². The highest BCUT2D eigenvalue weighted by molar-refractivity contribution is 7.83. The topological polar surface area (TPSA) is 59.4 Å². The Kier molecular flexibility index (Phi) is 17.2. The molecule has 0 amide bonds. The number of hydrogen-bond acceptors (Lipinski definition) is 5. The summed E-state index contributed by atoms with van der Waals surface area (Å²) >= 11 is 4.35. The second-order valence-corrected chi connectivity index (χ2v) is 13.1. The third-order valence-electron chi connectivity index (χ3n) is 9.02. The van der Waals surface area contributed by atoms with Crippen LogP contribution in [0.15, 0.2) is 144 Å². The normalized spacial score (nSPS) is 14.3. The zero-order valence-corrected chi connectivity index (χ0v) is 33.3. The number of rotatable bonds is 11. The van der Waals surface area contributed by atoms with E-state index in [1.807, 2.05) is 50.7 Å². The van der Waals surface area contributed by atoms with Crippen molar-refractivity contribution in [2.75, 3.05) is 11.9 Å². The van der Waals surface area contributed by atoms with Gasteiger partial charge in [-0.25, -0.2) is 0 Å². The number of nitrogens with zero attached hydrogens (tertiary/aromatic N) is 4. The number of thiol groups is 1. The molecule has 2 N–H and O–H groups in total. The van der Waals surface area contributed by atoms with Gasteiger partial charge in [-0.05, 0) is 104 Å². The average Bonchev–Trinajstić information content (AvgIpc) is 3.55. The highest BCUT2D eigenvalue weighted by Gasteiger charge is 2.36. The Balaban J connectivity index is 0.00000139. The molecule has 5 nitrogen and oxygen atoms in total. The number of allylic oxidation sites excluding steroid dienone is 6. The highest BCUT2D eigenvalue weighted by Crippen LogP contribution is 2.46. The van der Waals surface area contributed by atoms with Gasteiger partial charge in [-0.15, -0.1) is 0 Å². The van der Waals surface area contributed by atoms with E-state index in [0.717, 1.165) is 57.8 Å². The molecule has 2 aromatic carbocycles. The fourth-order valence-electron chi connectivity index (χ4n) is 6.80. The Morgan fingerprint density at radius 3 is 2.15 bits per heavy atom. The Morgan fingerprint density at radius 2 is 1.60 bits per heavy atom. The van der Waals surface area contributed by atoms with Gasteiger partial charge in [-0.2, -0.15) is 12.6 Å². The summed E-state index contributed by atoms with van der Waals surface area (Å²) in [4.78, 5) is 10.7. The smallest absolute Gasteiger partial charge is 0.0718 e. The maximum atomic E-state index is 6.15. The van der Waals surface area contributed by atoms with E-state index in [9.17, 15) is 0 Å². The van der Waals surface area contributed by atoms with Gasteiger partial charge in [-0.3, -0.25) is 9.98 Å². The van der Waals surface area contributed by atoms with Gasteiger partial charge in [-0.1, -0.05) is 102 Å². The zero-order chi connectivity index (χ0) is 37.9. The van der Waals surface area contributed by atoms with Gasteiger partial charge in [0.25, 0.3) is 0 Å². The summed E-state index contributed by atoms with van der Waals surface area (Å²) in [6, 6.07) is 22.5. The summed E-state index contributed by atoms with van der Waals surface area (Å²) < 4.78 is 2.27. The van der Waals surface area contributed by atoms with Gasteiger partial charge >= 0.3 is 0 Å².